The van der Waals surface area contributed by atoms with Gasteiger partial charge in [0.15, 0.2) is 0 Å². The van der Waals surface area contributed by atoms with Gasteiger partial charge in [-0.15, -0.1) is 0 Å². The highest BCUT2D eigenvalue weighted by atomic mass is 19.1. The Bertz CT molecular complexity index is 830. The van der Waals surface area contributed by atoms with Crippen LogP contribution in [0.5, 0.6) is 0 Å². The van der Waals surface area contributed by atoms with Gasteiger partial charge in [0.05, 0.1) is 17.3 Å². The van der Waals surface area contributed by atoms with E-state index in [0.29, 0.717) is 18.0 Å². The van der Waals surface area contributed by atoms with Crippen molar-refractivity contribution in [2.45, 2.75) is 26.4 Å². The van der Waals surface area contributed by atoms with E-state index in [1.807, 2.05) is 18.9 Å². The molecule has 2 aromatic heterocycles. The molecule has 1 atom stereocenters. The maximum absolute atomic E-state index is 13.9. The van der Waals surface area contributed by atoms with Gasteiger partial charge in [-0.1, -0.05) is 5.16 Å². The Kier molecular flexibility index (Phi) is 4.44. The molecule has 7 heteroatoms. The van der Waals surface area contributed by atoms with Gasteiger partial charge >= 0.3 is 0 Å². The Hall–Kier alpha value is -2.54. The zero-order chi connectivity index (χ0) is 17.3. The predicted octanol–water partition coefficient (Wildman–Crippen LogP) is 4.11. The monoisotopic (exact) mass is 333 g/mol. The summed E-state index contributed by atoms with van der Waals surface area (Å²) in [5.74, 6) is -0.608. The van der Waals surface area contributed by atoms with Crippen LogP contribution in [0.3, 0.4) is 0 Å². The lowest BCUT2D eigenvalue weighted by Crippen LogP contribution is -2.22. The molecule has 5 nitrogen and oxygen atoms in total. The summed E-state index contributed by atoms with van der Waals surface area (Å²) in [5, 5.41) is 3.93. The fraction of sp³-hybridized carbons (Fsp3) is 0.294. The van der Waals surface area contributed by atoms with Crippen molar-refractivity contribution < 1.29 is 17.7 Å². The molecular formula is C17H17F2N3O2. The molecule has 1 aromatic carbocycles. The van der Waals surface area contributed by atoms with Gasteiger partial charge in [-0.3, -0.25) is 4.90 Å². The van der Waals surface area contributed by atoms with E-state index >= 15 is 0 Å². The second-order valence-corrected chi connectivity index (χ2v) is 5.66. The van der Waals surface area contributed by atoms with Crippen molar-refractivity contribution in [1.29, 1.82) is 0 Å². The summed E-state index contributed by atoms with van der Waals surface area (Å²) >= 11 is 0. The molecular weight excluding hydrogens is 316 g/mol. The van der Waals surface area contributed by atoms with E-state index in [0.717, 1.165) is 11.8 Å². The number of rotatable bonds is 5. The van der Waals surface area contributed by atoms with E-state index in [2.05, 4.69) is 10.1 Å². The first kappa shape index (κ1) is 16.3. The molecule has 0 bridgehead atoms. The van der Waals surface area contributed by atoms with Crippen molar-refractivity contribution in [3.63, 3.8) is 0 Å². The highest BCUT2D eigenvalue weighted by Crippen LogP contribution is 2.27. The standard InChI is InChI=1S/C17H17F2N3O2/c1-10(15-6-7-23-21-15)22(3)9-16-11(2)24-17(20-16)13-5-4-12(18)8-14(13)19/h4-8,10H,9H2,1-3H3/t10-/m1/s1. The summed E-state index contributed by atoms with van der Waals surface area (Å²) in [6.45, 7) is 4.25. The van der Waals surface area contributed by atoms with E-state index < -0.39 is 11.6 Å². The number of nitrogens with zero attached hydrogens (tertiary/aromatic N) is 3. The molecule has 3 aromatic rings. The minimum absolute atomic E-state index is 0.0193. The van der Waals surface area contributed by atoms with Crippen molar-refractivity contribution in [2.24, 2.45) is 0 Å². The van der Waals surface area contributed by atoms with Crippen LogP contribution in [-0.4, -0.2) is 22.1 Å². The van der Waals surface area contributed by atoms with Crippen molar-refractivity contribution in [3.05, 3.63) is 59.3 Å². The minimum Gasteiger partial charge on any atom is -0.441 e. The average Bonchev–Trinajstić information content (AvgIpc) is 3.17. The highest BCUT2D eigenvalue weighted by Gasteiger charge is 2.20. The maximum atomic E-state index is 13.9. The number of hydrogen-bond donors (Lipinski definition) is 0. The van der Waals surface area contributed by atoms with Crippen LogP contribution in [0.25, 0.3) is 11.5 Å². The van der Waals surface area contributed by atoms with Gasteiger partial charge in [0.1, 0.15) is 29.4 Å². The zero-order valence-corrected chi connectivity index (χ0v) is 13.6. The minimum atomic E-state index is -0.702. The topological polar surface area (TPSA) is 55.3 Å². The molecule has 0 unspecified atom stereocenters. The van der Waals surface area contributed by atoms with Gasteiger partial charge in [-0.05, 0) is 33.0 Å². The molecule has 2 heterocycles. The van der Waals surface area contributed by atoms with Crippen molar-refractivity contribution >= 4 is 0 Å². The van der Waals surface area contributed by atoms with Crippen LogP contribution in [0.1, 0.15) is 30.1 Å². The fourth-order valence-electron chi connectivity index (χ4n) is 2.39. The second kappa shape index (κ2) is 6.52. The largest absolute Gasteiger partial charge is 0.441 e. The Balaban J connectivity index is 1.81. The van der Waals surface area contributed by atoms with E-state index in [4.69, 9.17) is 8.94 Å². The first-order valence-corrected chi connectivity index (χ1v) is 7.48. The summed E-state index contributed by atoms with van der Waals surface area (Å²) in [7, 11) is 1.92. The Morgan fingerprint density at radius 3 is 2.71 bits per heavy atom. The van der Waals surface area contributed by atoms with Gasteiger partial charge in [0.2, 0.25) is 5.89 Å². The second-order valence-electron chi connectivity index (χ2n) is 5.66. The van der Waals surface area contributed by atoms with Crippen LogP contribution < -0.4 is 0 Å². The molecule has 0 aliphatic heterocycles. The molecule has 0 fully saturated rings. The summed E-state index contributed by atoms with van der Waals surface area (Å²) in [6, 6.07) is 5.13. The smallest absolute Gasteiger partial charge is 0.229 e. The van der Waals surface area contributed by atoms with Gasteiger partial charge in [-0.25, -0.2) is 13.8 Å². The van der Waals surface area contributed by atoms with E-state index in [1.54, 1.807) is 13.0 Å². The predicted molar refractivity (Wildman–Crippen MR) is 83.0 cm³/mol. The molecule has 0 aliphatic carbocycles. The van der Waals surface area contributed by atoms with Gasteiger partial charge in [-0.2, -0.15) is 0 Å². The first-order chi connectivity index (χ1) is 11.5. The molecule has 0 saturated heterocycles. The van der Waals surface area contributed by atoms with Crippen LogP contribution in [0.4, 0.5) is 8.78 Å². The molecule has 3 rings (SSSR count). The molecule has 0 N–H and O–H groups in total. The summed E-state index contributed by atoms with van der Waals surface area (Å²) in [5.41, 5.74) is 1.63. The van der Waals surface area contributed by atoms with Crippen LogP contribution in [0, 0.1) is 18.6 Å². The molecule has 0 amide bonds. The molecule has 24 heavy (non-hydrogen) atoms. The third-order valence-corrected chi connectivity index (χ3v) is 4.00. The van der Waals surface area contributed by atoms with Crippen LogP contribution >= 0.6 is 0 Å². The number of hydrogen-bond acceptors (Lipinski definition) is 5. The molecule has 0 saturated carbocycles. The van der Waals surface area contributed by atoms with E-state index in [9.17, 15) is 8.78 Å². The normalized spacial score (nSPS) is 12.8. The zero-order valence-electron chi connectivity index (χ0n) is 13.6. The Morgan fingerprint density at radius 1 is 1.25 bits per heavy atom. The van der Waals surface area contributed by atoms with E-state index in [-0.39, 0.29) is 17.5 Å². The first-order valence-electron chi connectivity index (χ1n) is 7.48. The van der Waals surface area contributed by atoms with Crippen molar-refractivity contribution in [1.82, 2.24) is 15.0 Å². The molecule has 0 radical (unpaired) electrons. The van der Waals surface area contributed by atoms with Crippen LogP contribution in [0.15, 0.2) is 39.5 Å². The molecule has 0 aliphatic rings. The average molecular weight is 333 g/mol. The van der Waals surface area contributed by atoms with E-state index in [1.165, 1.54) is 18.4 Å². The lowest BCUT2D eigenvalue weighted by atomic mass is 10.2. The maximum Gasteiger partial charge on any atom is 0.229 e. The van der Waals surface area contributed by atoms with Gasteiger partial charge < -0.3 is 8.94 Å². The Morgan fingerprint density at radius 2 is 2.04 bits per heavy atom. The Labute approximate surface area is 137 Å². The van der Waals surface area contributed by atoms with Crippen LogP contribution in [0.2, 0.25) is 0 Å². The number of benzene rings is 1. The summed E-state index contributed by atoms with van der Waals surface area (Å²) in [4.78, 5) is 6.38. The lowest BCUT2D eigenvalue weighted by Gasteiger charge is -2.21. The number of aryl methyl sites for hydroxylation is 1. The quantitative estimate of drug-likeness (QED) is 0.703. The SMILES string of the molecule is Cc1oc(-c2ccc(F)cc2F)nc1CN(C)[C@H](C)c1ccon1. The third-order valence-electron chi connectivity index (χ3n) is 4.00. The number of halogens is 2. The summed E-state index contributed by atoms with van der Waals surface area (Å²) in [6.07, 6.45) is 1.52. The highest BCUT2D eigenvalue weighted by molar-refractivity contribution is 5.54. The van der Waals surface area contributed by atoms with Crippen LogP contribution in [-0.2, 0) is 6.54 Å². The lowest BCUT2D eigenvalue weighted by molar-refractivity contribution is 0.237. The van der Waals surface area contributed by atoms with Gasteiger partial charge in [0, 0.05) is 18.7 Å². The van der Waals surface area contributed by atoms with Crippen molar-refractivity contribution in [2.75, 3.05) is 7.05 Å². The number of oxazole rings is 1. The summed E-state index contributed by atoms with van der Waals surface area (Å²) < 4.78 is 37.3. The van der Waals surface area contributed by atoms with Crippen molar-refractivity contribution in [3.8, 4) is 11.5 Å². The number of aromatic nitrogens is 2. The molecule has 0 spiro atoms. The third kappa shape index (κ3) is 3.21. The molecule has 126 valence electrons. The fourth-order valence-corrected chi connectivity index (χ4v) is 2.39. The van der Waals surface area contributed by atoms with Gasteiger partial charge in [0.25, 0.3) is 0 Å².